The lowest BCUT2D eigenvalue weighted by Crippen LogP contribution is -2.41. The molecule has 0 radical (unpaired) electrons. The summed E-state index contributed by atoms with van der Waals surface area (Å²) in [5.74, 6) is 3.61. The Kier molecular flexibility index (Phi) is 4.92. The highest BCUT2D eigenvalue weighted by Crippen LogP contribution is 2.35. The van der Waals surface area contributed by atoms with Crippen molar-refractivity contribution in [3.63, 3.8) is 0 Å². The Morgan fingerprint density at radius 3 is 2.77 bits per heavy atom. The molecule has 162 valence electrons. The molecule has 0 saturated carbocycles. The number of ether oxygens (including phenoxy) is 2. The number of aromatic nitrogens is 2. The molecule has 0 unspecified atom stereocenters. The minimum absolute atomic E-state index is 0.00324. The van der Waals surface area contributed by atoms with Gasteiger partial charge in [0.2, 0.25) is 11.6 Å². The molecule has 0 spiro atoms. The van der Waals surface area contributed by atoms with E-state index in [0.29, 0.717) is 48.5 Å². The lowest BCUT2D eigenvalue weighted by Gasteiger charge is -2.33. The van der Waals surface area contributed by atoms with E-state index < -0.39 is 0 Å². The molecule has 1 atom stereocenters. The predicted octanol–water partition coefficient (Wildman–Crippen LogP) is 3.77. The van der Waals surface area contributed by atoms with Gasteiger partial charge in [-0.2, -0.15) is 4.98 Å². The summed E-state index contributed by atoms with van der Waals surface area (Å²) in [5.41, 5.74) is 2.38. The number of nitrogens with one attached hydrogen (secondary N) is 1. The number of anilines is 2. The standard InChI is InChI=1S/C23H26N4O4/c1-13-14(2)31-23-20(13)21(24-15(3)25-23)27-8-4-5-16(12-27)22(28)26-17-6-7-18-19(11-17)30-10-9-29-18/h6-7,11,16H,4-5,8-10,12H2,1-3H3,(H,26,28)/t16-/m1/s1. The van der Waals surface area contributed by atoms with Crippen LogP contribution in [0, 0.1) is 26.7 Å². The molecule has 1 fully saturated rings. The molecule has 2 aliphatic heterocycles. The van der Waals surface area contributed by atoms with Crippen LogP contribution in [0.1, 0.15) is 30.0 Å². The van der Waals surface area contributed by atoms with Crippen LogP contribution in [-0.4, -0.2) is 42.2 Å². The van der Waals surface area contributed by atoms with Crippen molar-refractivity contribution >= 4 is 28.5 Å². The van der Waals surface area contributed by atoms with Crippen LogP contribution in [0.15, 0.2) is 22.6 Å². The first-order valence-corrected chi connectivity index (χ1v) is 10.7. The van der Waals surface area contributed by atoms with Gasteiger partial charge in [0, 0.05) is 30.4 Å². The van der Waals surface area contributed by atoms with Gasteiger partial charge in [-0.3, -0.25) is 4.79 Å². The lowest BCUT2D eigenvalue weighted by atomic mass is 9.96. The molecule has 1 amide bonds. The molecule has 1 saturated heterocycles. The van der Waals surface area contributed by atoms with Crippen LogP contribution in [0.3, 0.4) is 0 Å². The number of nitrogens with zero attached hydrogens (tertiary/aromatic N) is 3. The van der Waals surface area contributed by atoms with Crippen molar-refractivity contribution in [3.05, 3.63) is 35.3 Å². The third kappa shape index (κ3) is 3.66. The van der Waals surface area contributed by atoms with Gasteiger partial charge in [0.15, 0.2) is 11.5 Å². The van der Waals surface area contributed by atoms with Crippen molar-refractivity contribution in [3.8, 4) is 11.5 Å². The first kappa shape index (κ1) is 19.7. The van der Waals surface area contributed by atoms with Crippen LogP contribution >= 0.6 is 0 Å². The number of aryl methyl sites for hydroxylation is 3. The van der Waals surface area contributed by atoms with Gasteiger partial charge < -0.3 is 24.1 Å². The van der Waals surface area contributed by atoms with Gasteiger partial charge in [-0.15, -0.1) is 0 Å². The zero-order valence-corrected chi connectivity index (χ0v) is 18.0. The first-order valence-electron chi connectivity index (χ1n) is 10.7. The second-order valence-corrected chi connectivity index (χ2v) is 8.19. The highest BCUT2D eigenvalue weighted by atomic mass is 16.6. The number of hydrogen-bond acceptors (Lipinski definition) is 7. The summed E-state index contributed by atoms with van der Waals surface area (Å²) in [6.07, 6.45) is 1.75. The third-order valence-electron chi connectivity index (χ3n) is 6.02. The summed E-state index contributed by atoms with van der Waals surface area (Å²) in [4.78, 5) is 24.4. The maximum atomic E-state index is 13.1. The quantitative estimate of drug-likeness (QED) is 0.687. The fourth-order valence-electron chi connectivity index (χ4n) is 4.31. The van der Waals surface area contributed by atoms with Crippen LogP contribution in [0.25, 0.3) is 11.1 Å². The van der Waals surface area contributed by atoms with E-state index in [4.69, 9.17) is 18.9 Å². The molecule has 31 heavy (non-hydrogen) atoms. The van der Waals surface area contributed by atoms with Crippen LogP contribution < -0.4 is 19.7 Å². The molecule has 8 nitrogen and oxygen atoms in total. The fourth-order valence-corrected chi connectivity index (χ4v) is 4.31. The Bertz CT molecular complexity index is 1160. The van der Waals surface area contributed by atoms with E-state index in [1.807, 2.05) is 39.0 Å². The lowest BCUT2D eigenvalue weighted by molar-refractivity contribution is -0.120. The number of hydrogen-bond donors (Lipinski definition) is 1. The smallest absolute Gasteiger partial charge is 0.231 e. The molecule has 3 aromatic rings. The minimum Gasteiger partial charge on any atom is -0.486 e. The van der Waals surface area contributed by atoms with Crippen molar-refractivity contribution in [2.45, 2.75) is 33.6 Å². The van der Waals surface area contributed by atoms with Crippen molar-refractivity contribution in [1.29, 1.82) is 0 Å². The van der Waals surface area contributed by atoms with Gasteiger partial charge in [-0.25, -0.2) is 4.98 Å². The highest BCUT2D eigenvalue weighted by molar-refractivity contribution is 5.94. The van der Waals surface area contributed by atoms with E-state index in [-0.39, 0.29) is 11.8 Å². The van der Waals surface area contributed by atoms with E-state index in [2.05, 4.69) is 15.2 Å². The van der Waals surface area contributed by atoms with Crippen molar-refractivity contribution < 1.29 is 18.7 Å². The number of carbonyl (C=O) groups excluding carboxylic acids is 1. The summed E-state index contributed by atoms with van der Waals surface area (Å²) in [6.45, 7) is 8.35. The third-order valence-corrected chi connectivity index (χ3v) is 6.02. The van der Waals surface area contributed by atoms with Gasteiger partial charge in [-0.1, -0.05) is 0 Å². The molecule has 0 aliphatic carbocycles. The molecule has 1 N–H and O–H groups in total. The average Bonchev–Trinajstić information content (AvgIpc) is 3.06. The monoisotopic (exact) mass is 422 g/mol. The predicted molar refractivity (Wildman–Crippen MR) is 117 cm³/mol. The van der Waals surface area contributed by atoms with E-state index in [1.165, 1.54) is 0 Å². The number of carbonyl (C=O) groups is 1. The van der Waals surface area contributed by atoms with Gasteiger partial charge in [-0.05, 0) is 45.7 Å². The van der Waals surface area contributed by atoms with Gasteiger partial charge in [0.05, 0.1) is 11.3 Å². The normalized spacial score (nSPS) is 18.3. The summed E-state index contributed by atoms with van der Waals surface area (Å²) in [7, 11) is 0. The fraction of sp³-hybridized carbons (Fsp3) is 0.435. The molecule has 0 bridgehead atoms. The van der Waals surface area contributed by atoms with Crippen molar-refractivity contribution in [1.82, 2.24) is 9.97 Å². The van der Waals surface area contributed by atoms with Crippen LogP contribution in [0.2, 0.25) is 0 Å². The van der Waals surface area contributed by atoms with Crippen molar-refractivity contribution in [2.24, 2.45) is 5.92 Å². The van der Waals surface area contributed by atoms with Gasteiger partial charge >= 0.3 is 0 Å². The first-order chi connectivity index (χ1) is 15.0. The summed E-state index contributed by atoms with van der Waals surface area (Å²) >= 11 is 0. The Hall–Kier alpha value is -3.29. The Morgan fingerprint density at radius 1 is 1.13 bits per heavy atom. The molecule has 5 rings (SSSR count). The highest BCUT2D eigenvalue weighted by Gasteiger charge is 2.29. The SMILES string of the molecule is Cc1nc(N2CCC[C@@H](C(=O)Nc3ccc4c(c3)OCCO4)C2)c2c(C)c(C)oc2n1. The zero-order valence-electron chi connectivity index (χ0n) is 18.0. The molecular weight excluding hydrogens is 396 g/mol. The van der Waals surface area contributed by atoms with Gasteiger partial charge in [0.1, 0.15) is 30.6 Å². The molecule has 2 aliphatic rings. The Morgan fingerprint density at radius 2 is 1.94 bits per heavy atom. The molecule has 2 aromatic heterocycles. The largest absolute Gasteiger partial charge is 0.486 e. The van der Waals surface area contributed by atoms with E-state index in [1.54, 1.807) is 0 Å². The Balaban J connectivity index is 1.36. The number of amides is 1. The van der Waals surface area contributed by atoms with Gasteiger partial charge in [0.25, 0.3) is 0 Å². The number of rotatable bonds is 3. The molecule has 4 heterocycles. The van der Waals surface area contributed by atoms with Crippen LogP contribution in [0.5, 0.6) is 11.5 Å². The van der Waals surface area contributed by atoms with Crippen LogP contribution in [0.4, 0.5) is 11.5 Å². The molecule has 1 aromatic carbocycles. The second kappa shape index (κ2) is 7.76. The molecule has 8 heteroatoms. The zero-order chi connectivity index (χ0) is 21.5. The maximum absolute atomic E-state index is 13.1. The summed E-state index contributed by atoms with van der Waals surface area (Å²) in [5, 5.41) is 3.99. The van der Waals surface area contributed by atoms with Crippen LogP contribution in [-0.2, 0) is 4.79 Å². The minimum atomic E-state index is -0.138. The average molecular weight is 422 g/mol. The molecular formula is C23H26N4O4. The number of furan rings is 1. The van der Waals surface area contributed by atoms with Crippen molar-refractivity contribution in [2.75, 3.05) is 36.5 Å². The van der Waals surface area contributed by atoms with E-state index in [9.17, 15) is 4.79 Å². The summed E-state index contributed by atoms with van der Waals surface area (Å²) < 4.78 is 17.0. The number of benzene rings is 1. The Labute approximate surface area is 180 Å². The number of piperidine rings is 1. The second-order valence-electron chi connectivity index (χ2n) is 8.19. The topological polar surface area (TPSA) is 89.7 Å². The maximum Gasteiger partial charge on any atom is 0.231 e. The summed E-state index contributed by atoms with van der Waals surface area (Å²) in [6, 6.07) is 5.50. The van der Waals surface area contributed by atoms with E-state index >= 15 is 0 Å². The number of fused-ring (bicyclic) bond motifs is 2. The van der Waals surface area contributed by atoms with E-state index in [0.717, 1.165) is 41.9 Å².